The molecule has 8 heteroatoms. The zero-order valence-corrected chi connectivity index (χ0v) is 15.4. The predicted octanol–water partition coefficient (Wildman–Crippen LogP) is 3.80. The average Bonchev–Trinajstić information content (AvgIpc) is 2.61. The maximum atomic E-state index is 13.1. The fourth-order valence-corrected chi connectivity index (χ4v) is 2.88. The molecule has 0 saturated heterocycles. The largest absolute Gasteiger partial charge is 0.418 e. The number of halogens is 4. The number of nitrogens with two attached hydrogens (primary N) is 1. The van der Waals surface area contributed by atoms with E-state index in [0.29, 0.717) is 26.1 Å². The minimum Gasteiger partial charge on any atom is -0.329 e. The number of anilines is 1. The van der Waals surface area contributed by atoms with E-state index < -0.39 is 23.3 Å². The van der Waals surface area contributed by atoms with Crippen LogP contribution in [-0.4, -0.2) is 37.0 Å². The lowest BCUT2D eigenvalue weighted by Gasteiger charge is -2.22. The van der Waals surface area contributed by atoms with E-state index in [1.54, 1.807) is 4.90 Å². The Labute approximate surface area is 161 Å². The normalized spacial score (nSPS) is 11.6. The molecule has 0 saturated carbocycles. The van der Waals surface area contributed by atoms with Crippen molar-refractivity contribution in [1.82, 2.24) is 4.90 Å². The predicted molar refractivity (Wildman–Crippen MR) is 101 cm³/mol. The van der Waals surface area contributed by atoms with Gasteiger partial charge in [0.2, 0.25) is 5.91 Å². The maximum Gasteiger partial charge on any atom is 0.418 e. The lowest BCUT2D eigenvalue weighted by atomic mass is 10.1. The molecule has 0 bridgehead atoms. The van der Waals surface area contributed by atoms with Crippen LogP contribution in [0, 0.1) is 0 Å². The van der Waals surface area contributed by atoms with Crippen molar-refractivity contribution in [1.29, 1.82) is 0 Å². The molecule has 2 aromatic carbocycles. The number of benzene rings is 2. The molecule has 0 radical (unpaired) electrons. The molecule has 1 amide bonds. The number of rotatable bonds is 8. The van der Waals surface area contributed by atoms with Gasteiger partial charge in [-0.3, -0.25) is 9.69 Å². The fraction of sp³-hybridized carbons (Fsp3) is 0.316. The van der Waals surface area contributed by atoms with Gasteiger partial charge in [0.15, 0.2) is 0 Å². The van der Waals surface area contributed by atoms with Gasteiger partial charge < -0.3 is 11.1 Å². The van der Waals surface area contributed by atoms with Crippen LogP contribution in [0.15, 0.2) is 48.5 Å². The van der Waals surface area contributed by atoms with Crippen molar-refractivity contribution in [2.45, 2.75) is 12.6 Å². The zero-order valence-electron chi connectivity index (χ0n) is 14.6. The second kappa shape index (κ2) is 9.73. The summed E-state index contributed by atoms with van der Waals surface area (Å²) in [6.45, 7) is 1.27. The van der Waals surface area contributed by atoms with Gasteiger partial charge in [-0.2, -0.15) is 13.2 Å². The van der Waals surface area contributed by atoms with Crippen LogP contribution < -0.4 is 11.1 Å². The molecule has 0 aliphatic heterocycles. The first-order chi connectivity index (χ1) is 12.8. The van der Waals surface area contributed by atoms with Crippen LogP contribution in [0.4, 0.5) is 18.9 Å². The first-order valence-corrected chi connectivity index (χ1v) is 8.81. The van der Waals surface area contributed by atoms with Crippen molar-refractivity contribution in [3.05, 3.63) is 64.7 Å². The van der Waals surface area contributed by atoms with Gasteiger partial charge in [-0.15, -0.1) is 0 Å². The van der Waals surface area contributed by atoms with E-state index in [-0.39, 0.29) is 11.6 Å². The van der Waals surface area contributed by atoms with Gasteiger partial charge in [-0.1, -0.05) is 48.0 Å². The number of nitrogens with zero attached hydrogens (tertiary/aromatic N) is 1. The molecule has 0 atom stereocenters. The van der Waals surface area contributed by atoms with Gasteiger partial charge in [0.25, 0.3) is 0 Å². The quantitative estimate of drug-likeness (QED) is 0.709. The number of nitrogens with one attached hydrogen (secondary N) is 1. The zero-order chi connectivity index (χ0) is 19.9. The summed E-state index contributed by atoms with van der Waals surface area (Å²) in [6, 6.07) is 13.1. The first-order valence-electron chi connectivity index (χ1n) is 8.43. The molecule has 0 aliphatic rings. The minimum absolute atomic E-state index is 0.0768. The number of alkyl halides is 3. The van der Waals surface area contributed by atoms with Crippen molar-refractivity contribution in [3.8, 4) is 0 Å². The molecule has 0 fully saturated rings. The van der Waals surface area contributed by atoms with Crippen LogP contribution in [0.25, 0.3) is 0 Å². The smallest absolute Gasteiger partial charge is 0.329 e. The Kier molecular flexibility index (Phi) is 7.65. The second-order valence-corrected chi connectivity index (χ2v) is 6.42. The molecule has 2 aromatic rings. The number of carbonyl (C=O) groups is 1. The van der Waals surface area contributed by atoms with Crippen LogP contribution in [0.1, 0.15) is 11.1 Å². The number of hydrogen-bond donors (Lipinski definition) is 2. The third kappa shape index (κ3) is 6.53. The molecular formula is C19H21ClF3N3O. The summed E-state index contributed by atoms with van der Waals surface area (Å²) in [4.78, 5) is 14.1. The molecule has 2 rings (SSSR count). The number of amides is 1. The summed E-state index contributed by atoms with van der Waals surface area (Å²) < 4.78 is 39.4. The van der Waals surface area contributed by atoms with Crippen LogP contribution in [-0.2, 0) is 17.4 Å². The highest BCUT2D eigenvalue weighted by atomic mass is 35.5. The van der Waals surface area contributed by atoms with Gasteiger partial charge in [-0.05, 0) is 24.1 Å². The Morgan fingerprint density at radius 2 is 1.78 bits per heavy atom. The van der Waals surface area contributed by atoms with Crippen molar-refractivity contribution in [2.24, 2.45) is 5.73 Å². The summed E-state index contributed by atoms with van der Waals surface area (Å²) in [5, 5.41) is 2.14. The van der Waals surface area contributed by atoms with Crippen LogP contribution in [0.5, 0.6) is 0 Å². The van der Waals surface area contributed by atoms with E-state index in [1.165, 1.54) is 12.1 Å². The lowest BCUT2D eigenvalue weighted by molar-refractivity contribution is -0.137. The van der Waals surface area contributed by atoms with Crippen molar-refractivity contribution < 1.29 is 18.0 Å². The fourth-order valence-electron chi connectivity index (χ4n) is 2.65. The van der Waals surface area contributed by atoms with E-state index in [2.05, 4.69) is 5.32 Å². The number of para-hydroxylation sites is 1. The highest BCUT2D eigenvalue weighted by Crippen LogP contribution is 2.38. The van der Waals surface area contributed by atoms with Gasteiger partial charge >= 0.3 is 6.18 Å². The SMILES string of the molecule is NCCN(CCc1ccccc1)CC(=O)Nc1c(Cl)cccc1C(F)(F)F. The Bertz CT molecular complexity index is 754. The van der Waals surface area contributed by atoms with E-state index in [9.17, 15) is 18.0 Å². The second-order valence-electron chi connectivity index (χ2n) is 6.01. The molecule has 4 nitrogen and oxygen atoms in total. The maximum absolute atomic E-state index is 13.1. The topological polar surface area (TPSA) is 58.4 Å². The number of carbonyl (C=O) groups excluding carboxylic acids is 1. The highest BCUT2D eigenvalue weighted by Gasteiger charge is 2.34. The molecule has 3 N–H and O–H groups in total. The Balaban J connectivity index is 2.04. The molecule has 27 heavy (non-hydrogen) atoms. The standard InChI is InChI=1S/C19H21ClF3N3O/c20-16-8-4-7-15(19(21,22)23)18(16)25-17(27)13-26(12-10-24)11-9-14-5-2-1-3-6-14/h1-8H,9-13,24H2,(H,25,27). The molecule has 0 spiro atoms. The first kappa shape index (κ1) is 21.2. The Morgan fingerprint density at radius 1 is 1.07 bits per heavy atom. The summed E-state index contributed by atoms with van der Waals surface area (Å²) in [7, 11) is 0. The Hall–Kier alpha value is -2.09. The van der Waals surface area contributed by atoms with E-state index in [0.717, 1.165) is 11.6 Å². The molecule has 146 valence electrons. The molecular weight excluding hydrogens is 379 g/mol. The minimum atomic E-state index is -4.61. The van der Waals surface area contributed by atoms with Crippen molar-refractivity contribution in [2.75, 3.05) is 31.5 Å². The van der Waals surface area contributed by atoms with E-state index in [1.807, 2.05) is 30.3 Å². The van der Waals surface area contributed by atoms with Crippen LogP contribution in [0.2, 0.25) is 5.02 Å². The molecule has 0 aromatic heterocycles. The van der Waals surface area contributed by atoms with Gasteiger partial charge in [0, 0.05) is 19.6 Å². The van der Waals surface area contributed by atoms with Gasteiger partial charge in [0.1, 0.15) is 0 Å². The van der Waals surface area contributed by atoms with Gasteiger partial charge in [-0.25, -0.2) is 0 Å². The summed E-state index contributed by atoms with van der Waals surface area (Å²) in [5.74, 6) is -0.574. The van der Waals surface area contributed by atoms with Crippen LogP contribution >= 0.6 is 11.6 Å². The third-order valence-corrected chi connectivity index (χ3v) is 4.27. The molecule has 0 unspecified atom stereocenters. The molecule has 0 heterocycles. The molecule has 0 aliphatic carbocycles. The number of hydrogen-bond acceptors (Lipinski definition) is 3. The summed E-state index contributed by atoms with van der Waals surface area (Å²) in [6.07, 6.45) is -3.91. The monoisotopic (exact) mass is 399 g/mol. The van der Waals surface area contributed by atoms with E-state index >= 15 is 0 Å². The third-order valence-electron chi connectivity index (χ3n) is 3.96. The lowest BCUT2D eigenvalue weighted by Crippen LogP contribution is -2.38. The van der Waals surface area contributed by atoms with Crippen molar-refractivity contribution >= 4 is 23.2 Å². The highest BCUT2D eigenvalue weighted by molar-refractivity contribution is 6.34. The van der Waals surface area contributed by atoms with Crippen LogP contribution in [0.3, 0.4) is 0 Å². The van der Waals surface area contributed by atoms with Crippen molar-refractivity contribution in [3.63, 3.8) is 0 Å². The average molecular weight is 400 g/mol. The van der Waals surface area contributed by atoms with Gasteiger partial charge in [0.05, 0.1) is 22.8 Å². The van der Waals surface area contributed by atoms with E-state index in [4.69, 9.17) is 17.3 Å². The summed E-state index contributed by atoms with van der Waals surface area (Å²) >= 11 is 5.87. The summed E-state index contributed by atoms with van der Waals surface area (Å²) in [5.41, 5.74) is 5.29. The Morgan fingerprint density at radius 3 is 2.41 bits per heavy atom.